The lowest BCUT2D eigenvalue weighted by molar-refractivity contribution is 0.148. The van der Waals surface area contributed by atoms with Crippen molar-refractivity contribution in [3.63, 3.8) is 0 Å². The minimum absolute atomic E-state index is 0.316. The average molecular weight is 170 g/mol. The maximum absolute atomic E-state index is 8.88. The Kier molecular flexibility index (Phi) is 2.63. The van der Waals surface area contributed by atoms with Gasteiger partial charge in [-0.2, -0.15) is 0 Å². The molecule has 0 saturated carbocycles. The van der Waals surface area contributed by atoms with E-state index < -0.39 is 0 Å². The fraction of sp³-hybridized carbons (Fsp3) is 1.00. The van der Waals surface area contributed by atoms with Gasteiger partial charge in [-0.25, -0.2) is 0 Å². The largest absolute Gasteiger partial charge is 0.395 e. The highest BCUT2D eigenvalue weighted by Crippen LogP contribution is 2.19. The minimum atomic E-state index is 0.316. The van der Waals surface area contributed by atoms with Gasteiger partial charge in [0.2, 0.25) is 0 Å². The summed E-state index contributed by atoms with van der Waals surface area (Å²) in [6.07, 6.45) is 2.61. The Morgan fingerprint density at radius 2 is 1.83 bits per heavy atom. The van der Waals surface area contributed by atoms with E-state index in [1.165, 1.54) is 32.5 Å². The molecule has 3 saturated heterocycles. The topological polar surface area (TPSA) is 26.7 Å². The predicted molar refractivity (Wildman–Crippen MR) is 48.1 cm³/mol. The van der Waals surface area contributed by atoms with Gasteiger partial charge in [0.25, 0.3) is 0 Å². The van der Waals surface area contributed by atoms with Gasteiger partial charge in [0.15, 0.2) is 0 Å². The van der Waals surface area contributed by atoms with Crippen LogP contribution in [0.15, 0.2) is 0 Å². The quantitative estimate of drug-likeness (QED) is 0.619. The molecule has 3 nitrogen and oxygen atoms in total. The van der Waals surface area contributed by atoms with Crippen LogP contribution in [-0.2, 0) is 0 Å². The fourth-order valence-corrected chi connectivity index (χ4v) is 2.38. The van der Waals surface area contributed by atoms with Gasteiger partial charge in [-0.15, -0.1) is 0 Å². The Labute approximate surface area is 74.0 Å². The van der Waals surface area contributed by atoms with Gasteiger partial charge in [0, 0.05) is 25.7 Å². The van der Waals surface area contributed by atoms with Crippen LogP contribution >= 0.6 is 0 Å². The molecule has 3 aliphatic heterocycles. The van der Waals surface area contributed by atoms with E-state index in [0.717, 1.165) is 19.1 Å². The smallest absolute Gasteiger partial charge is 0.0558 e. The molecule has 3 fully saturated rings. The van der Waals surface area contributed by atoms with Crippen molar-refractivity contribution in [2.45, 2.75) is 18.9 Å². The highest BCUT2D eigenvalue weighted by atomic mass is 16.3. The lowest BCUT2D eigenvalue weighted by atomic mass is 10.1. The molecule has 0 aliphatic carbocycles. The van der Waals surface area contributed by atoms with Gasteiger partial charge in [-0.05, 0) is 25.9 Å². The van der Waals surface area contributed by atoms with Crippen molar-refractivity contribution in [3.8, 4) is 0 Å². The van der Waals surface area contributed by atoms with Crippen molar-refractivity contribution in [2.75, 3.05) is 39.3 Å². The molecule has 0 amide bonds. The molecule has 1 N–H and O–H groups in total. The second-order valence-corrected chi connectivity index (χ2v) is 3.83. The van der Waals surface area contributed by atoms with E-state index >= 15 is 0 Å². The Hall–Kier alpha value is -0.120. The zero-order valence-corrected chi connectivity index (χ0v) is 7.58. The van der Waals surface area contributed by atoms with Gasteiger partial charge < -0.3 is 10.0 Å². The van der Waals surface area contributed by atoms with Gasteiger partial charge in [0.1, 0.15) is 0 Å². The molecule has 0 aromatic carbocycles. The van der Waals surface area contributed by atoms with Crippen LogP contribution in [0.4, 0.5) is 0 Å². The summed E-state index contributed by atoms with van der Waals surface area (Å²) in [5.41, 5.74) is 0. The van der Waals surface area contributed by atoms with Crippen LogP contribution in [0.5, 0.6) is 0 Å². The fourth-order valence-electron chi connectivity index (χ4n) is 2.38. The molecule has 3 heterocycles. The zero-order valence-electron chi connectivity index (χ0n) is 7.58. The zero-order chi connectivity index (χ0) is 8.39. The number of aliphatic hydroxyl groups excluding tert-OH is 1. The molecule has 0 aromatic rings. The molecule has 3 aliphatic rings. The summed E-state index contributed by atoms with van der Waals surface area (Å²) in [6.45, 7) is 6.09. The van der Waals surface area contributed by atoms with Crippen LogP contribution in [0.25, 0.3) is 0 Å². The second-order valence-electron chi connectivity index (χ2n) is 3.83. The molecule has 12 heavy (non-hydrogen) atoms. The van der Waals surface area contributed by atoms with Crippen molar-refractivity contribution >= 4 is 0 Å². The Morgan fingerprint density at radius 1 is 1.08 bits per heavy atom. The molecule has 3 rings (SSSR count). The Morgan fingerprint density at radius 3 is 2.50 bits per heavy atom. The molecule has 0 spiro atoms. The first kappa shape index (κ1) is 8.48. The van der Waals surface area contributed by atoms with Crippen molar-refractivity contribution in [1.29, 1.82) is 0 Å². The summed E-state index contributed by atoms with van der Waals surface area (Å²) in [4.78, 5) is 4.99. The van der Waals surface area contributed by atoms with Crippen molar-refractivity contribution in [1.82, 2.24) is 9.80 Å². The molecule has 0 aromatic heterocycles. The lowest BCUT2D eigenvalue weighted by Gasteiger charge is -2.30. The Balaban J connectivity index is 1.96. The third kappa shape index (κ3) is 1.63. The average Bonchev–Trinajstić information content (AvgIpc) is 2.40. The first-order valence-electron chi connectivity index (χ1n) is 4.97. The summed E-state index contributed by atoms with van der Waals surface area (Å²) in [6, 6.07) is 0.760. The van der Waals surface area contributed by atoms with Crippen LogP contribution in [0.1, 0.15) is 12.8 Å². The van der Waals surface area contributed by atoms with Crippen LogP contribution < -0.4 is 0 Å². The molecule has 0 atom stereocenters. The summed E-state index contributed by atoms with van der Waals surface area (Å²) < 4.78 is 0. The number of piperidine rings is 1. The van der Waals surface area contributed by atoms with E-state index in [1.54, 1.807) is 0 Å². The first-order valence-corrected chi connectivity index (χ1v) is 4.97. The van der Waals surface area contributed by atoms with Crippen LogP contribution in [0.3, 0.4) is 0 Å². The number of hydrogen-bond donors (Lipinski definition) is 1. The van der Waals surface area contributed by atoms with E-state index in [-0.39, 0.29) is 0 Å². The molecule has 2 bridgehead atoms. The van der Waals surface area contributed by atoms with E-state index in [4.69, 9.17) is 5.11 Å². The number of nitrogens with zero attached hydrogens (tertiary/aromatic N) is 2. The molecule has 0 unspecified atom stereocenters. The number of fused-ring (bicyclic) bond motifs is 4. The van der Waals surface area contributed by atoms with E-state index in [1.807, 2.05) is 0 Å². The summed E-state index contributed by atoms with van der Waals surface area (Å²) >= 11 is 0. The lowest BCUT2D eigenvalue weighted by Crippen LogP contribution is -2.39. The summed E-state index contributed by atoms with van der Waals surface area (Å²) in [5, 5.41) is 8.88. The first-order chi connectivity index (χ1) is 5.90. The van der Waals surface area contributed by atoms with E-state index in [2.05, 4.69) is 9.80 Å². The van der Waals surface area contributed by atoms with Crippen LogP contribution in [0, 0.1) is 0 Å². The van der Waals surface area contributed by atoms with E-state index in [9.17, 15) is 0 Å². The van der Waals surface area contributed by atoms with Crippen LogP contribution in [0.2, 0.25) is 0 Å². The van der Waals surface area contributed by atoms with Gasteiger partial charge in [-0.1, -0.05) is 0 Å². The monoisotopic (exact) mass is 170 g/mol. The van der Waals surface area contributed by atoms with Gasteiger partial charge in [-0.3, -0.25) is 4.90 Å². The number of hydrogen-bond acceptors (Lipinski definition) is 3. The normalized spacial score (nSPS) is 36.8. The van der Waals surface area contributed by atoms with Crippen LogP contribution in [-0.4, -0.2) is 60.3 Å². The summed E-state index contributed by atoms with van der Waals surface area (Å²) in [7, 11) is 0. The maximum Gasteiger partial charge on any atom is 0.0558 e. The molecule has 0 radical (unpaired) electrons. The van der Waals surface area contributed by atoms with Gasteiger partial charge >= 0.3 is 0 Å². The van der Waals surface area contributed by atoms with Gasteiger partial charge in [0.05, 0.1) is 6.61 Å². The SMILES string of the molecule is OCCN1CCN2CCC1CC2. The van der Waals surface area contributed by atoms with Crippen molar-refractivity contribution < 1.29 is 5.11 Å². The molecule has 3 heteroatoms. The third-order valence-electron chi connectivity index (χ3n) is 3.16. The predicted octanol–water partition coefficient (Wildman–Crippen LogP) is -0.241. The third-order valence-corrected chi connectivity index (χ3v) is 3.16. The van der Waals surface area contributed by atoms with E-state index in [0.29, 0.717) is 6.61 Å². The van der Waals surface area contributed by atoms with Crippen molar-refractivity contribution in [2.24, 2.45) is 0 Å². The second kappa shape index (κ2) is 3.73. The number of rotatable bonds is 2. The highest BCUT2D eigenvalue weighted by molar-refractivity contribution is 4.84. The highest BCUT2D eigenvalue weighted by Gasteiger charge is 2.28. The molecular formula is C9H18N2O. The molecule has 70 valence electrons. The number of aliphatic hydroxyl groups is 1. The minimum Gasteiger partial charge on any atom is -0.395 e. The van der Waals surface area contributed by atoms with Crippen molar-refractivity contribution in [3.05, 3.63) is 0 Å². The Bertz CT molecular complexity index is 143. The molecular weight excluding hydrogens is 152 g/mol. The summed E-state index contributed by atoms with van der Waals surface area (Å²) in [5.74, 6) is 0. The standard InChI is InChI=1S/C9H18N2O/c12-8-7-11-6-5-10-3-1-9(11)2-4-10/h9,12H,1-8H2. The maximum atomic E-state index is 8.88.